The van der Waals surface area contributed by atoms with Gasteiger partial charge in [-0.05, 0) is 67.9 Å². The summed E-state index contributed by atoms with van der Waals surface area (Å²) >= 11 is 1.49. The fourth-order valence-corrected chi connectivity index (χ4v) is 3.67. The Labute approximate surface area is 142 Å². The van der Waals surface area contributed by atoms with E-state index in [0.29, 0.717) is 11.9 Å². The van der Waals surface area contributed by atoms with Gasteiger partial charge in [-0.1, -0.05) is 6.07 Å². The first-order chi connectivity index (χ1) is 11.2. The van der Waals surface area contributed by atoms with Gasteiger partial charge in [-0.15, -0.1) is 0 Å². The molecule has 1 atom stereocenters. The Bertz CT molecular complexity index is 654. The number of nitrogens with one attached hydrogen (secondary N) is 1. The number of benzene rings is 1. The van der Waals surface area contributed by atoms with Crippen LogP contribution >= 0.6 is 11.5 Å². The number of rotatable bonds is 6. The summed E-state index contributed by atoms with van der Waals surface area (Å²) in [6, 6.07) is 8.90. The Kier molecular flexibility index (Phi) is 5.18. The molecule has 1 N–H and O–H groups in total. The summed E-state index contributed by atoms with van der Waals surface area (Å²) in [5.74, 6) is 1.66. The maximum atomic E-state index is 5.86. The third kappa shape index (κ3) is 4.03. The zero-order valence-corrected chi connectivity index (χ0v) is 14.8. The molecule has 0 radical (unpaired) electrons. The Morgan fingerprint density at radius 1 is 1.35 bits per heavy atom. The van der Waals surface area contributed by atoms with Crippen LogP contribution in [0, 0.1) is 0 Å². The van der Waals surface area contributed by atoms with Crippen molar-refractivity contribution in [1.82, 2.24) is 9.69 Å². The molecule has 124 valence electrons. The van der Waals surface area contributed by atoms with Crippen LogP contribution in [0.5, 0.6) is 11.6 Å². The Morgan fingerprint density at radius 2 is 2.22 bits per heavy atom. The van der Waals surface area contributed by atoms with Crippen molar-refractivity contribution in [3.05, 3.63) is 40.3 Å². The van der Waals surface area contributed by atoms with Crippen molar-refractivity contribution in [2.45, 2.75) is 51.8 Å². The fourth-order valence-electron chi connectivity index (χ4n) is 3.03. The number of methoxy groups -OCH3 is 1. The molecule has 1 aromatic heterocycles. The third-order valence-electron chi connectivity index (χ3n) is 4.07. The first-order valence-electron chi connectivity index (χ1n) is 8.18. The Hall–Kier alpha value is -1.59. The van der Waals surface area contributed by atoms with Gasteiger partial charge in [0.2, 0.25) is 5.88 Å². The molecule has 23 heavy (non-hydrogen) atoms. The van der Waals surface area contributed by atoms with Gasteiger partial charge in [0.05, 0.1) is 13.2 Å². The van der Waals surface area contributed by atoms with E-state index in [1.165, 1.54) is 34.0 Å². The zero-order valence-electron chi connectivity index (χ0n) is 14.0. The lowest BCUT2D eigenvalue weighted by Crippen LogP contribution is -2.24. The van der Waals surface area contributed by atoms with Gasteiger partial charge in [0.25, 0.3) is 0 Å². The summed E-state index contributed by atoms with van der Waals surface area (Å²) < 4.78 is 15.3. The third-order valence-corrected chi connectivity index (χ3v) is 4.84. The molecule has 2 aromatic rings. The van der Waals surface area contributed by atoms with E-state index in [2.05, 4.69) is 41.7 Å². The van der Waals surface area contributed by atoms with Crippen LogP contribution in [0.1, 0.15) is 48.7 Å². The molecule has 1 aliphatic carbocycles. The van der Waals surface area contributed by atoms with Gasteiger partial charge in [-0.25, -0.2) is 0 Å². The Morgan fingerprint density at radius 3 is 2.96 bits per heavy atom. The van der Waals surface area contributed by atoms with E-state index in [4.69, 9.17) is 9.47 Å². The molecule has 1 heterocycles. The van der Waals surface area contributed by atoms with Gasteiger partial charge in [0.1, 0.15) is 5.75 Å². The summed E-state index contributed by atoms with van der Waals surface area (Å²) in [4.78, 5) is 1.20. The van der Waals surface area contributed by atoms with Crippen molar-refractivity contribution in [2.75, 3.05) is 7.11 Å². The van der Waals surface area contributed by atoms with Crippen LogP contribution in [0.25, 0.3) is 0 Å². The number of fused-ring (bicyclic) bond motifs is 1. The summed E-state index contributed by atoms with van der Waals surface area (Å²) in [5.41, 5.74) is 2.82. The summed E-state index contributed by atoms with van der Waals surface area (Å²) in [7, 11) is 1.65. The lowest BCUT2D eigenvalue weighted by atomic mass is 9.87. The molecule has 0 bridgehead atoms. The molecule has 1 aromatic carbocycles. The van der Waals surface area contributed by atoms with Crippen LogP contribution in [0.2, 0.25) is 0 Å². The summed E-state index contributed by atoms with van der Waals surface area (Å²) in [5, 5.41) is 3.67. The molecule has 0 fully saturated rings. The second-order valence-corrected chi connectivity index (χ2v) is 7.08. The van der Waals surface area contributed by atoms with E-state index in [1.807, 2.05) is 6.07 Å². The predicted molar refractivity (Wildman–Crippen MR) is 93.4 cm³/mol. The van der Waals surface area contributed by atoms with Crippen LogP contribution in [-0.4, -0.2) is 17.6 Å². The highest BCUT2D eigenvalue weighted by molar-refractivity contribution is 7.05. The average molecular weight is 332 g/mol. The van der Waals surface area contributed by atoms with Crippen LogP contribution in [0.15, 0.2) is 24.3 Å². The van der Waals surface area contributed by atoms with Crippen molar-refractivity contribution in [1.29, 1.82) is 0 Å². The second-order valence-electron chi connectivity index (χ2n) is 6.19. The molecule has 3 rings (SSSR count). The molecular formula is C18H24N2O2S. The van der Waals surface area contributed by atoms with E-state index >= 15 is 0 Å². The SMILES string of the molecule is COc1cc(CN[C@H]2CCCc3ccc(OC(C)C)cc32)sn1. The molecule has 0 amide bonds. The van der Waals surface area contributed by atoms with Gasteiger partial charge < -0.3 is 14.8 Å². The molecule has 0 aliphatic heterocycles. The zero-order chi connectivity index (χ0) is 16.2. The summed E-state index contributed by atoms with van der Waals surface area (Å²) in [6.07, 6.45) is 3.74. The summed E-state index contributed by atoms with van der Waals surface area (Å²) in [6.45, 7) is 4.94. The van der Waals surface area contributed by atoms with Gasteiger partial charge in [0, 0.05) is 23.5 Å². The maximum absolute atomic E-state index is 5.86. The van der Waals surface area contributed by atoms with Crippen LogP contribution in [0.4, 0.5) is 0 Å². The molecule has 1 aliphatic rings. The minimum absolute atomic E-state index is 0.202. The normalized spacial score (nSPS) is 17.1. The van der Waals surface area contributed by atoms with E-state index in [0.717, 1.165) is 25.1 Å². The monoisotopic (exact) mass is 332 g/mol. The van der Waals surface area contributed by atoms with Gasteiger partial charge >= 0.3 is 0 Å². The van der Waals surface area contributed by atoms with Crippen molar-refractivity contribution in [3.63, 3.8) is 0 Å². The standard InChI is InChI=1S/C18H24N2O2S/c1-12(2)22-14-8-7-13-5-4-6-17(16(13)9-14)19-11-15-10-18(21-3)20-23-15/h7-10,12,17,19H,4-6,11H2,1-3H3/t17-/m0/s1. The average Bonchev–Trinajstić information content (AvgIpc) is 3.00. The predicted octanol–water partition coefficient (Wildman–Crippen LogP) is 4.11. The molecule has 0 unspecified atom stereocenters. The minimum atomic E-state index is 0.202. The van der Waals surface area contributed by atoms with Crippen LogP contribution < -0.4 is 14.8 Å². The number of aromatic nitrogens is 1. The topological polar surface area (TPSA) is 43.4 Å². The molecule has 0 spiro atoms. The highest BCUT2D eigenvalue weighted by Crippen LogP contribution is 2.33. The fraction of sp³-hybridized carbons (Fsp3) is 0.500. The van der Waals surface area contributed by atoms with Crippen LogP contribution in [-0.2, 0) is 13.0 Å². The quantitative estimate of drug-likeness (QED) is 0.865. The van der Waals surface area contributed by atoms with Gasteiger partial charge in [0.15, 0.2) is 0 Å². The van der Waals surface area contributed by atoms with Crippen molar-refractivity contribution in [2.24, 2.45) is 0 Å². The van der Waals surface area contributed by atoms with E-state index in [1.54, 1.807) is 7.11 Å². The van der Waals surface area contributed by atoms with Crippen molar-refractivity contribution >= 4 is 11.5 Å². The van der Waals surface area contributed by atoms with E-state index in [9.17, 15) is 0 Å². The number of hydrogen-bond donors (Lipinski definition) is 1. The van der Waals surface area contributed by atoms with E-state index < -0.39 is 0 Å². The van der Waals surface area contributed by atoms with Crippen LogP contribution in [0.3, 0.4) is 0 Å². The molecule has 4 nitrogen and oxygen atoms in total. The van der Waals surface area contributed by atoms with E-state index in [-0.39, 0.29) is 6.10 Å². The highest BCUT2D eigenvalue weighted by Gasteiger charge is 2.21. The van der Waals surface area contributed by atoms with Crippen molar-refractivity contribution < 1.29 is 9.47 Å². The highest BCUT2D eigenvalue weighted by atomic mass is 32.1. The van der Waals surface area contributed by atoms with Gasteiger partial charge in [-0.3, -0.25) is 0 Å². The smallest absolute Gasteiger partial charge is 0.225 e. The maximum Gasteiger partial charge on any atom is 0.225 e. The largest absolute Gasteiger partial charge is 0.491 e. The molecule has 0 saturated carbocycles. The minimum Gasteiger partial charge on any atom is -0.491 e. The number of ether oxygens (including phenoxy) is 2. The lowest BCUT2D eigenvalue weighted by Gasteiger charge is -2.27. The molecule has 0 saturated heterocycles. The van der Waals surface area contributed by atoms with Gasteiger partial charge in [-0.2, -0.15) is 4.37 Å². The van der Waals surface area contributed by atoms with Crippen molar-refractivity contribution in [3.8, 4) is 11.6 Å². The first kappa shape index (κ1) is 16.3. The number of aryl methyl sites for hydroxylation is 1. The first-order valence-corrected chi connectivity index (χ1v) is 8.95. The number of hydrogen-bond acceptors (Lipinski definition) is 5. The second kappa shape index (κ2) is 7.32. The molecular weight excluding hydrogens is 308 g/mol. The number of nitrogens with zero attached hydrogens (tertiary/aromatic N) is 1. The lowest BCUT2D eigenvalue weighted by molar-refractivity contribution is 0.241. The molecule has 5 heteroatoms. The Balaban J connectivity index is 1.71.